The molecule has 28 heavy (non-hydrogen) atoms. The van der Waals surface area contributed by atoms with Crippen LogP contribution in [0, 0.1) is 6.92 Å². The molecule has 0 bridgehead atoms. The van der Waals surface area contributed by atoms with E-state index in [1.165, 1.54) is 0 Å². The van der Waals surface area contributed by atoms with E-state index in [1.54, 1.807) is 27.8 Å². The van der Waals surface area contributed by atoms with Crippen molar-refractivity contribution in [3.63, 3.8) is 0 Å². The number of benzene rings is 2. The first-order chi connectivity index (χ1) is 13.5. The predicted octanol–water partition coefficient (Wildman–Crippen LogP) is 3.63. The summed E-state index contributed by atoms with van der Waals surface area (Å²) in [4.78, 5) is 7.16. The molecule has 0 spiro atoms. The van der Waals surface area contributed by atoms with Crippen molar-refractivity contribution in [1.29, 1.82) is 0 Å². The molecular formula is C21H23N3O2S2. The number of piperazine rings is 1. The minimum atomic E-state index is -3.54. The third-order valence-electron chi connectivity index (χ3n) is 4.97. The molecule has 0 atom stereocenters. The molecule has 3 aromatic rings. The van der Waals surface area contributed by atoms with Gasteiger partial charge >= 0.3 is 0 Å². The molecule has 146 valence electrons. The molecular weight excluding hydrogens is 390 g/mol. The quantitative estimate of drug-likeness (QED) is 0.641. The Labute approximate surface area is 170 Å². The lowest BCUT2D eigenvalue weighted by Crippen LogP contribution is -2.48. The van der Waals surface area contributed by atoms with Crippen molar-refractivity contribution in [3.8, 4) is 11.1 Å². The Morgan fingerprint density at radius 2 is 1.64 bits per heavy atom. The molecule has 0 amide bonds. The predicted molar refractivity (Wildman–Crippen MR) is 113 cm³/mol. The van der Waals surface area contributed by atoms with Crippen LogP contribution in [0.25, 0.3) is 11.1 Å². The number of sulfonamides is 1. The van der Waals surface area contributed by atoms with Gasteiger partial charge in [0.2, 0.25) is 10.0 Å². The van der Waals surface area contributed by atoms with Crippen LogP contribution in [0.1, 0.15) is 10.7 Å². The van der Waals surface area contributed by atoms with Crippen molar-refractivity contribution in [1.82, 2.24) is 14.2 Å². The van der Waals surface area contributed by atoms with Gasteiger partial charge in [-0.2, -0.15) is 4.31 Å². The zero-order valence-corrected chi connectivity index (χ0v) is 17.4. The molecule has 0 aliphatic carbocycles. The third kappa shape index (κ3) is 4.03. The van der Waals surface area contributed by atoms with Gasteiger partial charge in [-0.1, -0.05) is 48.5 Å². The minimum absolute atomic E-state index is 0.379. The van der Waals surface area contributed by atoms with Crippen LogP contribution in [0.15, 0.2) is 64.9 Å². The molecule has 1 aliphatic heterocycles. The molecule has 1 aliphatic rings. The molecule has 5 nitrogen and oxygen atoms in total. The van der Waals surface area contributed by atoms with Crippen molar-refractivity contribution >= 4 is 21.4 Å². The summed E-state index contributed by atoms with van der Waals surface area (Å²) in [7, 11) is -3.54. The van der Waals surface area contributed by atoms with Gasteiger partial charge in [-0.05, 0) is 18.6 Å². The summed E-state index contributed by atoms with van der Waals surface area (Å²) in [6, 6.07) is 16.9. The second-order valence-electron chi connectivity index (χ2n) is 6.90. The standard InChI is InChI=1S/C21H23N3O2S2/c1-17-22-19(16-27-17)15-23-11-13-24(14-12-23)28(25,26)21-10-6-5-9-20(21)18-7-3-2-4-8-18/h2-10,16H,11-15H2,1H3. The van der Waals surface area contributed by atoms with Crippen molar-refractivity contribution in [2.24, 2.45) is 0 Å². The zero-order chi connectivity index (χ0) is 19.6. The molecule has 0 unspecified atom stereocenters. The fourth-order valence-corrected chi connectivity index (χ4v) is 5.77. The second-order valence-corrected chi connectivity index (χ2v) is 9.87. The van der Waals surface area contributed by atoms with Crippen molar-refractivity contribution < 1.29 is 8.42 Å². The average Bonchev–Trinajstić information content (AvgIpc) is 3.13. The lowest BCUT2D eigenvalue weighted by atomic mass is 10.1. The number of hydrogen-bond donors (Lipinski definition) is 0. The lowest BCUT2D eigenvalue weighted by molar-refractivity contribution is 0.180. The Morgan fingerprint density at radius 3 is 2.32 bits per heavy atom. The molecule has 0 saturated carbocycles. The topological polar surface area (TPSA) is 53.5 Å². The largest absolute Gasteiger partial charge is 0.295 e. The molecule has 2 heterocycles. The van der Waals surface area contributed by atoms with Crippen LogP contribution in [-0.4, -0.2) is 48.8 Å². The number of hydrogen-bond acceptors (Lipinski definition) is 5. The van der Waals surface area contributed by atoms with Crippen LogP contribution in [0.2, 0.25) is 0 Å². The first kappa shape index (κ1) is 19.3. The maximum Gasteiger partial charge on any atom is 0.243 e. The molecule has 0 N–H and O–H groups in total. The molecule has 4 rings (SSSR count). The van der Waals surface area contributed by atoms with Gasteiger partial charge in [0.15, 0.2) is 0 Å². The number of aryl methyl sites for hydroxylation is 1. The monoisotopic (exact) mass is 413 g/mol. The van der Waals surface area contributed by atoms with E-state index in [-0.39, 0.29) is 0 Å². The first-order valence-corrected chi connectivity index (χ1v) is 11.6. The Kier molecular flexibility index (Phi) is 5.59. The molecule has 0 radical (unpaired) electrons. The van der Waals surface area contributed by atoms with Crippen LogP contribution in [0.5, 0.6) is 0 Å². The van der Waals surface area contributed by atoms with Gasteiger partial charge in [-0.15, -0.1) is 11.3 Å². The van der Waals surface area contributed by atoms with Crippen LogP contribution in [-0.2, 0) is 16.6 Å². The second kappa shape index (κ2) is 8.13. The molecule has 7 heteroatoms. The molecule has 2 aromatic carbocycles. The fourth-order valence-electron chi connectivity index (χ4n) is 3.52. The molecule has 1 saturated heterocycles. The fraction of sp³-hybridized carbons (Fsp3) is 0.286. The van der Waals surface area contributed by atoms with Crippen LogP contribution in [0.4, 0.5) is 0 Å². The summed E-state index contributed by atoms with van der Waals surface area (Å²) in [5.41, 5.74) is 2.73. The number of thiazole rings is 1. The smallest absolute Gasteiger partial charge is 0.243 e. The third-order valence-corrected chi connectivity index (χ3v) is 7.75. The van der Waals surface area contributed by atoms with E-state index >= 15 is 0 Å². The van der Waals surface area contributed by atoms with Crippen LogP contribution in [0.3, 0.4) is 0 Å². The van der Waals surface area contributed by atoms with E-state index in [9.17, 15) is 8.42 Å². The first-order valence-electron chi connectivity index (χ1n) is 9.32. The number of nitrogens with zero attached hydrogens (tertiary/aromatic N) is 3. The van der Waals surface area contributed by atoms with Gasteiger partial charge < -0.3 is 0 Å². The Balaban J connectivity index is 1.51. The zero-order valence-electron chi connectivity index (χ0n) is 15.8. The summed E-state index contributed by atoms with van der Waals surface area (Å²) in [5, 5.41) is 3.14. The lowest BCUT2D eigenvalue weighted by Gasteiger charge is -2.34. The average molecular weight is 414 g/mol. The van der Waals surface area contributed by atoms with Crippen molar-refractivity contribution in [2.75, 3.05) is 26.2 Å². The van der Waals surface area contributed by atoms with Gasteiger partial charge in [0, 0.05) is 43.7 Å². The van der Waals surface area contributed by atoms with Gasteiger partial charge in [-0.25, -0.2) is 13.4 Å². The highest BCUT2D eigenvalue weighted by Crippen LogP contribution is 2.29. The molecule has 1 aromatic heterocycles. The highest BCUT2D eigenvalue weighted by atomic mass is 32.2. The summed E-state index contributed by atoms with van der Waals surface area (Å²) in [5.74, 6) is 0. The highest BCUT2D eigenvalue weighted by molar-refractivity contribution is 7.89. The summed E-state index contributed by atoms with van der Waals surface area (Å²) in [6.45, 7) is 5.19. The van der Waals surface area contributed by atoms with E-state index in [0.29, 0.717) is 31.1 Å². The Morgan fingerprint density at radius 1 is 0.964 bits per heavy atom. The summed E-state index contributed by atoms with van der Waals surface area (Å²) >= 11 is 1.65. The SMILES string of the molecule is Cc1nc(CN2CCN(S(=O)(=O)c3ccccc3-c3ccccc3)CC2)cs1. The minimum Gasteiger partial charge on any atom is -0.295 e. The highest BCUT2D eigenvalue weighted by Gasteiger charge is 2.30. The number of rotatable bonds is 5. The van der Waals surface area contributed by atoms with Crippen LogP contribution >= 0.6 is 11.3 Å². The van der Waals surface area contributed by atoms with Gasteiger partial charge in [0.1, 0.15) is 0 Å². The van der Waals surface area contributed by atoms with Crippen LogP contribution < -0.4 is 0 Å². The van der Waals surface area contributed by atoms with Gasteiger partial charge in [-0.3, -0.25) is 4.90 Å². The normalized spacial score (nSPS) is 16.3. The summed E-state index contributed by atoms with van der Waals surface area (Å²) in [6.07, 6.45) is 0. The Bertz CT molecular complexity index is 1040. The Hall–Kier alpha value is -2.06. The maximum atomic E-state index is 13.3. The van der Waals surface area contributed by atoms with Gasteiger partial charge in [0.25, 0.3) is 0 Å². The molecule has 1 fully saturated rings. The van der Waals surface area contributed by atoms with E-state index in [2.05, 4.69) is 15.3 Å². The van der Waals surface area contributed by atoms with E-state index < -0.39 is 10.0 Å². The summed E-state index contributed by atoms with van der Waals surface area (Å²) < 4.78 is 28.3. The van der Waals surface area contributed by atoms with E-state index in [0.717, 1.165) is 28.4 Å². The van der Waals surface area contributed by atoms with Crippen molar-refractivity contribution in [3.05, 3.63) is 70.7 Å². The van der Waals surface area contributed by atoms with E-state index in [1.807, 2.05) is 49.4 Å². The number of aromatic nitrogens is 1. The maximum absolute atomic E-state index is 13.3. The van der Waals surface area contributed by atoms with E-state index in [4.69, 9.17) is 0 Å². The van der Waals surface area contributed by atoms with Gasteiger partial charge in [0.05, 0.1) is 15.6 Å². The van der Waals surface area contributed by atoms with Crippen molar-refractivity contribution in [2.45, 2.75) is 18.4 Å².